The number of rotatable bonds is 2. The molecule has 0 saturated carbocycles. The van der Waals surface area contributed by atoms with Crippen LogP contribution in [0.3, 0.4) is 0 Å². The van der Waals surface area contributed by atoms with E-state index in [9.17, 15) is 4.79 Å². The Morgan fingerprint density at radius 2 is 2.11 bits per heavy atom. The minimum absolute atomic E-state index is 0.340. The van der Waals surface area contributed by atoms with Gasteiger partial charge in [-0.25, -0.2) is 0 Å². The fourth-order valence-corrected chi connectivity index (χ4v) is 0.701. The second-order valence-corrected chi connectivity index (χ2v) is 1.82. The minimum Gasteiger partial charge on any atom is -0.347 e. The summed E-state index contributed by atoms with van der Waals surface area (Å²) in [5.41, 5.74) is 0. The van der Waals surface area contributed by atoms with Gasteiger partial charge in [-0.1, -0.05) is 12.2 Å². The van der Waals surface area contributed by atoms with Crippen LogP contribution in [0.15, 0.2) is 24.6 Å². The average Bonchev–Trinajstić information content (AvgIpc) is 1.91. The summed E-state index contributed by atoms with van der Waals surface area (Å²) < 4.78 is 0. The minimum atomic E-state index is 0.340. The Bertz CT molecular complexity index is 137. The Morgan fingerprint density at radius 3 is 2.67 bits per heavy atom. The fraction of sp³-hybridized carbons (Fsp3) is 0.286. The lowest BCUT2D eigenvalue weighted by Crippen LogP contribution is -2.13. The molecule has 0 aliphatic carbocycles. The van der Waals surface area contributed by atoms with Crippen LogP contribution in [-0.4, -0.2) is 17.7 Å². The van der Waals surface area contributed by atoms with Gasteiger partial charge in [-0.2, -0.15) is 0 Å². The monoisotopic (exact) mass is 122 g/mol. The molecule has 0 N–H and O–H groups in total. The summed E-state index contributed by atoms with van der Waals surface area (Å²) >= 11 is 0. The summed E-state index contributed by atoms with van der Waals surface area (Å²) in [5, 5.41) is 0. The van der Waals surface area contributed by atoms with Crippen molar-refractivity contribution in [1.29, 1.82) is 0 Å². The third kappa shape index (κ3) is 1.72. The predicted octanol–water partition coefficient (Wildman–Crippen LogP) is 0.829. The van der Waals surface area contributed by atoms with Crippen molar-refractivity contribution in [2.45, 2.75) is 6.42 Å². The molecule has 47 valence electrons. The number of allylic oxidation sites excluding steroid dienone is 2. The van der Waals surface area contributed by atoms with Crippen LogP contribution >= 0.6 is 0 Å². The molecule has 9 heavy (non-hydrogen) atoms. The Labute approximate surface area is 54.5 Å². The van der Waals surface area contributed by atoms with Gasteiger partial charge in [0.05, 0.1) is 6.54 Å². The molecule has 0 spiro atoms. The van der Waals surface area contributed by atoms with E-state index < -0.39 is 0 Å². The third-order valence-electron chi connectivity index (χ3n) is 1.11. The highest BCUT2D eigenvalue weighted by atomic mass is 16.1. The molecule has 2 nitrogen and oxygen atoms in total. The first-order chi connectivity index (χ1) is 4.43. The molecule has 0 saturated heterocycles. The summed E-state index contributed by atoms with van der Waals surface area (Å²) in [6.07, 6.45) is 10.5. The van der Waals surface area contributed by atoms with Crippen molar-refractivity contribution in [3.63, 3.8) is 0 Å². The molecular weight excluding hydrogens is 114 g/mol. The van der Waals surface area contributed by atoms with Gasteiger partial charge in [-0.05, 0) is 6.42 Å². The van der Waals surface area contributed by atoms with Crippen molar-refractivity contribution in [2.75, 3.05) is 6.54 Å². The summed E-state index contributed by atoms with van der Waals surface area (Å²) in [5.74, 6) is 0. The lowest BCUT2D eigenvalue weighted by atomic mass is 10.3. The first-order valence-corrected chi connectivity index (χ1v) is 2.87. The molecule has 1 rings (SSSR count). The van der Waals surface area contributed by atoms with E-state index in [1.54, 1.807) is 4.90 Å². The predicted molar refractivity (Wildman–Crippen MR) is 35.3 cm³/mol. The SMILES string of the molecule is O=[C]CN1C=CCC=C1. The van der Waals surface area contributed by atoms with Gasteiger partial charge in [0, 0.05) is 12.4 Å². The zero-order valence-corrected chi connectivity index (χ0v) is 5.08. The molecule has 0 amide bonds. The van der Waals surface area contributed by atoms with E-state index in [0.29, 0.717) is 6.54 Å². The van der Waals surface area contributed by atoms with E-state index in [0.717, 1.165) is 6.42 Å². The molecule has 2 heteroatoms. The van der Waals surface area contributed by atoms with E-state index >= 15 is 0 Å². The number of nitrogens with zero attached hydrogens (tertiary/aromatic N) is 1. The molecule has 0 atom stereocenters. The maximum absolute atomic E-state index is 9.84. The van der Waals surface area contributed by atoms with Crippen molar-refractivity contribution < 1.29 is 4.79 Å². The van der Waals surface area contributed by atoms with Crippen molar-refractivity contribution in [3.05, 3.63) is 24.6 Å². The molecule has 0 aromatic rings. The molecule has 1 radical (unpaired) electrons. The fourth-order valence-electron chi connectivity index (χ4n) is 0.701. The molecular formula is C7H8NO. The molecule has 0 fully saturated rings. The largest absolute Gasteiger partial charge is 0.347 e. The van der Waals surface area contributed by atoms with E-state index in [4.69, 9.17) is 0 Å². The Balaban J connectivity index is 2.39. The van der Waals surface area contributed by atoms with Crippen LogP contribution in [0.2, 0.25) is 0 Å². The maximum atomic E-state index is 9.84. The van der Waals surface area contributed by atoms with Gasteiger partial charge in [-0.15, -0.1) is 0 Å². The molecule has 0 bridgehead atoms. The summed E-state index contributed by atoms with van der Waals surface area (Å²) in [4.78, 5) is 11.6. The smallest absolute Gasteiger partial charge is 0.219 e. The van der Waals surface area contributed by atoms with Gasteiger partial charge < -0.3 is 4.90 Å². The highest BCUT2D eigenvalue weighted by Crippen LogP contribution is 1.99. The van der Waals surface area contributed by atoms with E-state index in [2.05, 4.69) is 0 Å². The average molecular weight is 122 g/mol. The van der Waals surface area contributed by atoms with Crippen molar-refractivity contribution in [2.24, 2.45) is 0 Å². The van der Waals surface area contributed by atoms with Gasteiger partial charge in [0.1, 0.15) is 0 Å². The number of hydrogen-bond donors (Lipinski definition) is 0. The lowest BCUT2D eigenvalue weighted by molar-refractivity contribution is 0.509. The molecule has 0 unspecified atom stereocenters. The van der Waals surface area contributed by atoms with E-state index in [1.807, 2.05) is 30.8 Å². The summed E-state index contributed by atoms with van der Waals surface area (Å²) in [6.45, 7) is 0.340. The van der Waals surface area contributed by atoms with Gasteiger partial charge in [0.2, 0.25) is 6.29 Å². The van der Waals surface area contributed by atoms with Crippen LogP contribution in [0.5, 0.6) is 0 Å². The zero-order chi connectivity index (χ0) is 6.53. The zero-order valence-electron chi connectivity index (χ0n) is 5.08. The van der Waals surface area contributed by atoms with Crippen LogP contribution in [0, 0.1) is 0 Å². The topological polar surface area (TPSA) is 20.3 Å². The molecule has 1 aliphatic heterocycles. The van der Waals surface area contributed by atoms with E-state index in [-0.39, 0.29) is 0 Å². The van der Waals surface area contributed by atoms with Crippen LogP contribution in [-0.2, 0) is 4.79 Å². The maximum Gasteiger partial charge on any atom is 0.219 e. The number of carbonyl (C=O) groups excluding carboxylic acids is 1. The van der Waals surface area contributed by atoms with Crippen LogP contribution < -0.4 is 0 Å². The van der Waals surface area contributed by atoms with Gasteiger partial charge in [0.15, 0.2) is 0 Å². The normalized spacial score (nSPS) is 16.2. The van der Waals surface area contributed by atoms with Crippen LogP contribution in [0.25, 0.3) is 0 Å². The number of hydrogen-bond acceptors (Lipinski definition) is 2. The van der Waals surface area contributed by atoms with Gasteiger partial charge >= 0.3 is 0 Å². The second-order valence-electron chi connectivity index (χ2n) is 1.82. The Kier molecular flexibility index (Phi) is 2.07. The molecule has 0 aromatic carbocycles. The third-order valence-corrected chi connectivity index (χ3v) is 1.11. The second kappa shape index (κ2) is 3.07. The standard InChI is InChI=1S/C7H8NO/c9-7-6-8-4-2-1-3-5-8/h2-5H,1,6H2. The van der Waals surface area contributed by atoms with Crippen LogP contribution in [0.1, 0.15) is 6.42 Å². The Morgan fingerprint density at radius 1 is 1.44 bits per heavy atom. The summed E-state index contributed by atoms with van der Waals surface area (Å²) in [6, 6.07) is 0. The highest BCUT2D eigenvalue weighted by molar-refractivity contribution is 5.53. The molecule has 0 aromatic heterocycles. The first-order valence-electron chi connectivity index (χ1n) is 2.87. The van der Waals surface area contributed by atoms with Crippen molar-refractivity contribution in [1.82, 2.24) is 4.90 Å². The molecule has 1 heterocycles. The van der Waals surface area contributed by atoms with Gasteiger partial charge in [-0.3, -0.25) is 4.79 Å². The van der Waals surface area contributed by atoms with E-state index in [1.165, 1.54) is 0 Å². The quantitative estimate of drug-likeness (QED) is 0.540. The summed E-state index contributed by atoms with van der Waals surface area (Å²) in [7, 11) is 0. The first kappa shape index (κ1) is 6.08. The highest BCUT2D eigenvalue weighted by Gasteiger charge is 1.93. The molecule has 1 aliphatic rings. The lowest BCUT2D eigenvalue weighted by Gasteiger charge is -2.12. The van der Waals surface area contributed by atoms with Crippen molar-refractivity contribution >= 4 is 6.29 Å². The van der Waals surface area contributed by atoms with Gasteiger partial charge in [0.25, 0.3) is 0 Å². The van der Waals surface area contributed by atoms with Crippen LogP contribution in [0.4, 0.5) is 0 Å². The van der Waals surface area contributed by atoms with Crippen molar-refractivity contribution in [3.8, 4) is 0 Å². The Hall–Kier alpha value is -1.05.